The van der Waals surface area contributed by atoms with Crippen molar-refractivity contribution in [2.24, 2.45) is 17.8 Å². The molecule has 1 heterocycles. The molecule has 1 aliphatic heterocycles. The van der Waals surface area contributed by atoms with Crippen LogP contribution in [0.4, 0.5) is 0 Å². The van der Waals surface area contributed by atoms with Gasteiger partial charge in [-0.1, -0.05) is 42.1 Å². The highest BCUT2D eigenvalue weighted by Gasteiger charge is 2.29. The van der Waals surface area contributed by atoms with Crippen LogP contribution in [0.15, 0.2) is 0 Å². The van der Waals surface area contributed by atoms with Gasteiger partial charge in [-0.25, -0.2) is 0 Å². The molecule has 2 heteroatoms. The number of thioether (sulfide) groups is 1. The normalized spacial score (nSPS) is 44.1. The lowest BCUT2D eigenvalue weighted by Crippen LogP contribution is -2.20. The highest BCUT2D eigenvalue weighted by Crippen LogP contribution is 2.39. The Balaban J connectivity index is 1.78. The predicted octanol–water partition coefficient (Wildman–Crippen LogP) is 4.33. The molecule has 0 aromatic rings. The van der Waals surface area contributed by atoms with E-state index in [2.05, 4.69) is 34.6 Å². The molecule has 82 valence electrons. The van der Waals surface area contributed by atoms with E-state index in [1.807, 2.05) is 0 Å². The van der Waals surface area contributed by atoms with Crippen molar-refractivity contribution in [1.82, 2.24) is 0 Å². The smallest absolute Gasteiger partial charge is 0.0272 e. The summed E-state index contributed by atoms with van der Waals surface area (Å²) in [5.41, 5.74) is 0. The molecule has 0 radical (unpaired) electrons. The Morgan fingerprint density at radius 2 is 2.14 bits per heavy atom. The van der Waals surface area contributed by atoms with Crippen LogP contribution in [-0.4, -0.2) is 16.3 Å². The van der Waals surface area contributed by atoms with Crippen LogP contribution in [0.5, 0.6) is 0 Å². The van der Waals surface area contributed by atoms with Gasteiger partial charge in [-0.05, 0) is 36.3 Å². The number of hydrogen-bond acceptors (Lipinski definition) is 1. The van der Waals surface area contributed by atoms with E-state index in [9.17, 15) is 0 Å². The third kappa shape index (κ3) is 2.91. The maximum absolute atomic E-state index is 3.83. The molecule has 1 saturated heterocycles. The molecular formula is C12H21BrS. The molecule has 4 unspecified atom stereocenters. The fourth-order valence-electron chi connectivity index (χ4n) is 2.99. The molecule has 2 rings (SSSR count). The second-order valence-electron chi connectivity index (χ2n) is 5.19. The minimum Gasteiger partial charge on any atom is -0.161 e. The lowest BCUT2D eigenvalue weighted by Gasteiger charge is -2.29. The van der Waals surface area contributed by atoms with E-state index >= 15 is 0 Å². The van der Waals surface area contributed by atoms with Crippen LogP contribution in [0.2, 0.25) is 0 Å². The van der Waals surface area contributed by atoms with Gasteiger partial charge < -0.3 is 0 Å². The van der Waals surface area contributed by atoms with Gasteiger partial charge in [0.25, 0.3) is 0 Å². The zero-order valence-electron chi connectivity index (χ0n) is 9.05. The van der Waals surface area contributed by atoms with E-state index < -0.39 is 0 Å². The Hall–Kier alpha value is 0.830. The first-order valence-electron chi connectivity index (χ1n) is 5.97. The Bertz CT molecular complexity index is 183. The van der Waals surface area contributed by atoms with Gasteiger partial charge in [0.15, 0.2) is 0 Å². The van der Waals surface area contributed by atoms with E-state index in [1.54, 1.807) is 0 Å². The van der Waals surface area contributed by atoms with E-state index in [1.165, 1.54) is 43.6 Å². The first kappa shape index (κ1) is 11.3. The molecule has 14 heavy (non-hydrogen) atoms. The molecule has 4 atom stereocenters. The van der Waals surface area contributed by atoms with Crippen LogP contribution < -0.4 is 0 Å². The van der Waals surface area contributed by atoms with Crippen LogP contribution in [-0.2, 0) is 0 Å². The van der Waals surface area contributed by atoms with Crippen LogP contribution >= 0.6 is 27.7 Å². The summed E-state index contributed by atoms with van der Waals surface area (Å²) in [5.74, 6) is 5.75. The third-order valence-electron chi connectivity index (χ3n) is 3.80. The lowest BCUT2D eigenvalue weighted by atomic mass is 9.78. The SMILES string of the molecule is CC1CCCC(CC2CSCC2Br)C1. The van der Waals surface area contributed by atoms with Crippen molar-refractivity contribution in [3.8, 4) is 0 Å². The Labute approximate surface area is 101 Å². The van der Waals surface area contributed by atoms with Gasteiger partial charge in [-0.2, -0.15) is 11.8 Å². The molecule has 0 bridgehead atoms. The molecule has 0 amide bonds. The van der Waals surface area contributed by atoms with Crippen molar-refractivity contribution in [2.75, 3.05) is 11.5 Å². The summed E-state index contributed by atoms with van der Waals surface area (Å²) >= 11 is 5.96. The fourth-order valence-corrected chi connectivity index (χ4v) is 5.51. The standard InChI is InChI=1S/C12H21BrS/c1-9-3-2-4-10(5-9)6-11-7-14-8-12(11)13/h9-12H,2-8H2,1H3. The summed E-state index contributed by atoms with van der Waals surface area (Å²) in [6.45, 7) is 2.43. The molecule has 1 aliphatic carbocycles. The van der Waals surface area contributed by atoms with Gasteiger partial charge in [0.2, 0.25) is 0 Å². The van der Waals surface area contributed by atoms with Gasteiger partial charge in [0, 0.05) is 10.6 Å². The number of alkyl halides is 1. The minimum absolute atomic E-state index is 0.810. The Morgan fingerprint density at radius 3 is 2.79 bits per heavy atom. The summed E-state index contributed by atoms with van der Waals surface area (Å²) in [5, 5.41) is 0. The van der Waals surface area contributed by atoms with E-state index in [0.29, 0.717) is 0 Å². The molecule has 1 saturated carbocycles. The van der Waals surface area contributed by atoms with Crippen LogP contribution in [0.3, 0.4) is 0 Å². The molecule has 0 spiro atoms. The van der Waals surface area contributed by atoms with Crippen LogP contribution in [0.25, 0.3) is 0 Å². The highest BCUT2D eigenvalue weighted by atomic mass is 79.9. The topological polar surface area (TPSA) is 0 Å². The van der Waals surface area contributed by atoms with Gasteiger partial charge in [0.1, 0.15) is 0 Å². The van der Waals surface area contributed by atoms with Gasteiger partial charge >= 0.3 is 0 Å². The summed E-state index contributed by atoms with van der Waals surface area (Å²) in [6.07, 6.45) is 7.46. The lowest BCUT2D eigenvalue weighted by molar-refractivity contribution is 0.247. The van der Waals surface area contributed by atoms with Crippen molar-refractivity contribution in [2.45, 2.75) is 43.9 Å². The monoisotopic (exact) mass is 276 g/mol. The minimum atomic E-state index is 0.810. The van der Waals surface area contributed by atoms with Crippen molar-refractivity contribution in [3.63, 3.8) is 0 Å². The average Bonchev–Trinajstić information content (AvgIpc) is 2.52. The van der Waals surface area contributed by atoms with E-state index in [0.717, 1.165) is 22.6 Å². The van der Waals surface area contributed by atoms with E-state index in [4.69, 9.17) is 0 Å². The average molecular weight is 277 g/mol. The van der Waals surface area contributed by atoms with Gasteiger partial charge in [-0.3, -0.25) is 0 Å². The first-order valence-corrected chi connectivity index (χ1v) is 8.04. The van der Waals surface area contributed by atoms with Crippen molar-refractivity contribution in [3.05, 3.63) is 0 Å². The summed E-state index contributed by atoms with van der Waals surface area (Å²) in [4.78, 5) is 0.810. The number of halogens is 1. The highest BCUT2D eigenvalue weighted by molar-refractivity contribution is 9.09. The molecule has 2 aliphatic rings. The Morgan fingerprint density at radius 1 is 1.29 bits per heavy atom. The molecule has 0 aromatic carbocycles. The van der Waals surface area contributed by atoms with Crippen molar-refractivity contribution >= 4 is 27.7 Å². The zero-order chi connectivity index (χ0) is 9.97. The molecule has 0 N–H and O–H groups in total. The summed E-state index contributed by atoms with van der Waals surface area (Å²) < 4.78 is 0. The summed E-state index contributed by atoms with van der Waals surface area (Å²) in [7, 11) is 0. The Kier molecular flexibility index (Phi) is 4.24. The largest absolute Gasteiger partial charge is 0.161 e. The quantitative estimate of drug-likeness (QED) is 0.677. The van der Waals surface area contributed by atoms with Crippen molar-refractivity contribution < 1.29 is 0 Å². The first-order chi connectivity index (χ1) is 6.75. The maximum atomic E-state index is 3.83. The molecule has 2 fully saturated rings. The molecular weight excluding hydrogens is 256 g/mol. The predicted molar refractivity (Wildman–Crippen MR) is 69.3 cm³/mol. The maximum Gasteiger partial charge on any atom is 0.0272 e. The second-order valence-corrected chi connectivity index (χ2v) is 7.44. The van der Waals surface area contributed by atoms with Crippen molar-refractivity contribution in [1.29, 1.82) is 0 Å². The van der Waals surface area contributed by atoms with E-state index in [-0.39, 0.29) is 0 Å². The third-order valence-corrected chi connectivity index (χ3v) is 6.56. The number of hydrogen-bond donors (Lipinski definition) is 0. The summed E-state index contributed by atoms with van der Waals surface area (Å²) in [6, 6.07) is 0. The molecule has 0 aromatic heterocycles. The van der Waals surface area contributed by atoms with Gasteiger partial charge in [-0.15, -0.1) is 0 Å². The number of rotatable bonds is 2. The van der Waals surface area contributed by atoms with Crippen LogP contribution in [0.1, 0.15) is 39.0 Å². The van der Waals surface area contributed by atoms with Crippen LogP contribution in [0, 0.1) is 17.8 Å². The zero-order valence-corrected chi connectivity index (χ0v) is 11.4. The second kappa shape index (κ2) is 5.25. The van der Waals surface area contributed by atoms with Gasteiger partial charge in [0.05, 0.1) is 0 Å². The fraction of sp³-hybridized carbons (Fsp3) is 1.00. The molecule has 0 nitrogen and oxygen atoms in total.